The molecular formula is C24H28F3N6O+. The van der Waals surface area contributed by atoms with Gasteiger partial charge in [-0.2, -0.15) is 13.2 Å². The van der Waals surface area contributed by atoms with Gasteiger partial charge in [0, 0.05) is 13.0 Å². The molecule has 1 aromatic carbocycles. The fourth-order valence-corrected chi connectivity index (χ4v) is 4.52. The van der Waals surface area contributed by atoms with Crippen molar-refractivity contribution in [2.24, 2.45) is 0 Å². The average molecular weight is 474 g/mol. The molecule has 1 fully saturated rings. The number of hydrogen-bond donors (Lipinski definition) is 2. The van der Waals surface area contributed by atoms with E-state index in [0.717, 1.165) is 24.8 Å². The Bertz CT molecular complexity index is 1220. The summed E-state index contributed by atoms with van der Waals surface area (Å²) < 4.78 is 40.2. The Labute approximate surface area is 196 Å². The van der Waals surface area contributed by atoms with Crippen LogP contribution in [-0.4, -0.2) is 51.9 Å². The Kier molecular flexibility index (Phi) is 6.44. The first-order chi connectivity index (χ1) is 16.0. The summed E-state index contributed by atoms with van der Waals surface area (Å²) in [6.07, 6.45) is -2.62. The van der Waals surface area contributed by atoms with Crippen LogP contribution in [0, 0.1) is 13.8 Å². The molecule has 0 radical (unpaired) electrons. The molecule has 1 aliphatic rings. The van der Waals surface area contributed by atoms with E-state index in [2.05, 4.69) is 20.3 Å². The fraction of sp³-hybridized carbons (Fsp3) is 0.417. The molecule has 2 aromatic heterocycles. The van der Waals surface area contributed by atoms with Crippen LogP contribution in [0.25, 0.3) is 11.0 Å². The van der Waals surface area contributed by atoms with Crippen molar-refractivity contribution in [1.82, 2.24) is 19.9 Å². The van der Waals surface area contributed by atoms with Gasteiger partial charge in [-0.25, -0.2) is 15.0 Å². The van der Waals surface area contributed by atoms with Gasteiger partial charge in [0.15, 0.2) is 11.3 Å². The van der Waals surface area contributed by atoms with E-state index in [1.54, 1.807) is 26.1 Å². The lowest BCUT2D eigenvalue weighted by Gasteiger charge is -2.31. The molecule has 10 heteroatoms. The second kappa shape index (κ2) is 9.17. The molecule has 3 heterocycles. The highest BCUT2D eigenvalue weighted by Crippen LogP contribution is 2.35. The summed E-state index contributed by atoms with van der Waals surface area (Å²) >= 11 is 0. The standard InChI is InChI=1S/C24H27F3N6O/c1-14-19(6-5-7-21(14)24(25,26)27)15(2)29-23-20-12-18(13-28-22(20)30-16(3)31-23)33-10-8-32(9-11-33)17(4)34/h5-7,12-13,15H,8-11H2,1-4H3,(H,28,29,30,31)/p+1/t15-/m1/s1. The zero-order chi connectivity index (χ0) is 24.6. The van der Waals surface area contributed by atoms with Crippen molar-refractivity contribution in [3.8, 4) is 0 Å². The quantitative estimate of drug-likeness (QED) is 0.609. The first-order valence-electron chi connectivity index (χ1n) is 11.2. The van der Waals surface area contributed by atoms with Crippen molar-refractivity contribution in [1.29, 1.82) is 0 Å². The number of hydrogen-bond acceptors (Lipinski definition) is 5. The summed E-state index contributed by atoms with van der Waals surface area (Å²) in [5.74, 6) is 1.12. The summed E-state index contributed by atoms with van der Waals surface area (Å²) in [6, 6.07) is 5.78. The average Bonchev–Trinajstić information content (AvgIpc) is 2.78. The molecule has 4 rings (SSSR count). The van der Waals surface area contributed by atoms with Crippen LogP contribution >= 0.6 is 0 Å². The second-order valence-corrected chi connectivity index (χ2v) is 8.71. The smallest absolute Gasteiger partial charge is 0.363 e. The number of benzene rings is 1. The van der Waals surface area contributed by atoms with Crippen molar-refractivity contribution in [2.45, 2.75) is 39.9 Å². The second-order valence-electron chi connectivity index (χ2n) is 8.71. The number of anilines is 1. The summed E-state index contributed by atoms with van der Waals surface area (Å²) in [5, 5.41) is 4.00. The number of halogens is 3. The monoisotopic (exact) mass is 473 g/mol. The van der Waals surface area contributed by atoms with Gasteiger partial charge in [-0.05, 0) is 38.0 Å². The van der Waals surface area contributed by atoms with E-state index in [9.17, 15) is 18.0 Å². The van der Waals surface area contributed by atoms with E-state index in [-0.39, 0.29) is 11.5 Å². The largest absolute Gasteiger partial charge is 0.416 e. The minimum Gasteiger partial charge on any atom is -0.363 e. The Balaban J connectivity index is 1.65. The van der Waals surface area contributed by atoms with Crippen LogP contribution in [0.2, 0.25) is 0 Å². The van der Waals surface area contributed by atoms with Crippen LogP contribution in [0.1, 0.15) is 42.4 Å². The maximum Gasteiger partial charge on any atom is 0.416 e. The van der Waals surface area contributed by atoms with E-state index >= 15 is 0 Å². The predicted molar refractivity (Wildman–Crippen MR) is 123 cm³/mol. The van der Waals surface area contributed by atoms with Crippen LogP contribution < -0.4 is 10.2 Å². The third-order valence-corrected chi connectivity index (χ3v) is 6.38. The predicted octanol–water partition coefficient (Wildman–Crippen LogP) is 3.21. The molecule has 180 valence electrons. The normalized spacial score (nSPS) is 16.0. The topological polar surface area (TPSA) is 75.5 Å². The maximum absolute atomic E-state index is 13.4. The summed E-state index contributed by atoms with van der Waals surface area (Å²) in [7, 11) is 0. The van der Waals surface area contributed by atoms with E-state index < -0.39 is 17.8 Å². The number of amides is 1. The third kappa shape index (κ3) is 4.82. The SMILES string of the molecule is CC(=O)N1CC[NH+](c2cnc3nc(C)nc(N[C@H](C)c4cccc(C(F)(F)F)c4C)c3c2)CC1. The lowest BCUT2D eigenvalue weighted by Crippen LogP contribution is -3.10. The molecule has 34 heavy (non-hydrogen) atoms. The van der Waals surface area contributed by atoms with Crippen LogP contribution in [0.5, 0.6) is 0 Å². The Morgan fingerprint density at radius 3 is 2.53 bits per heavy atom. The Morgan fingerprint density at radius 1 is 1.18 bits per heavy atom. The molecule has 1 saturated heterocycles. The number of quaternary nitrogens is 1. The minimum absolute atomic E-state index is 0.0740. The van der Waals surface area contributed by atoms with Crippen molar-refractivity contribution >= 4 is 28.4 Å². The lowest BCUT2D eigenvalue weighted by molar-refractivity contribution is -0.837. The molecule has 3 aromatic rings. The number of piperazine rings is 1. The molecule has 1 atom stereocenters. The Hall–Kier alpha value is -3.27. The van der Waals surface area contributed by atoms with Crippen LogP contribution in [0.4, 0.5) is 24.7 Å². The zero-order valence-electron chi connectivity index (χ0n) is 19.6. The van der Waals surface area contributed by atoms with Crippen LogP contribution in [-0.2, 0) is 11.0 Å². The minimum atomic E-state index is -4.41. The first kappa shape index (κ1) is 23.9. The highest BCUT2D eigenvalue weighted by molar-refractivity contribution is 5.88. The van der Waals surface area contributed by atoms with Gasteiger partial charge in [0.05, 0.1) is 49.4 Å². The van der Waals surface area contributed by atoms with Crippen LogP contribution in [0.3, 0.4) is 0 Å². The number of rotatable bonds is 4. The molecule has 7 nitrogen and oxygen atoms in total. The van der Waals surface area contributed by atoms with Gasteiger partial charge >= 0.3 is 6.18 Å². The number of pyridine rings is 1. The molecule has 0 bridgehead atoms. The van der Waals surface area contributed by atoms with Gasteiger partial charge in [-0.1, -0.05) is 12.1 Å². The van der Waals surface area contributed by atoms with Crippen molar-refractivity contribution in [3.05, 3.63) is 53.0 Å². The number of nitrogens with zero attached hydrogens (tertiary/aromatic N) is 4. The maximum atomic E-state index is 13.4. The molecule has 0 unspecified atom stereocenters. The number of aryl methyl sites for hydroxylation is 1. The highest BCUT2D eigenvalue weighted by atomic mass is 19.4. The van der Waals surface area contributed by atoms with Crippen LogP contribution in [0.15, 0.2) is 30.5 Å². The molecule has 2 N–H and O–H groups in total. The highest BCUT2D eigenvalue weighted by Gasteiger charge is 2.33. The number of aromatic nitrogens is 3. The van der Waals surface area contributed by atoms with Gasteiger partial charge in [0.25, 0.3) is 0 Å². The van der Waals surface area contributed by atoms with Crippen molar-refractivity contribution in [2.75, 3.05) is 31.5 Å². The molecule has 0 aliphatic carbocycles. The molecule has 0 saturated carbocycles. The Morgan fingerprint density at radius 2 is 1.88 bits per heavy atom. The first-order valence-corrected chi connectivity index (χ1v) is 11.2. The van der Waals surface area contributed by atoms with E-state index in [1.165, 1.54) is 17.9 Å². The van der Waals surface area contributed by atoms with Gasteiger partial charge in [-0.3, -0.25) is 9.69 Å². The van der Waals surface area contributed by atoms with E-state index in [4.69, 9.17) is 0 Å². The van der Waals surface area contributed by atoms with Crippen molar-refractivity contribution < 1.29 is 22.9 Å². The number of carbonyl (C=O) groups excluding carboxylic acids is 1. The summed E-state index contributed by atoms with van der Waals surface area (Å²) in [4.78, 5) is 28.2. The van der Waals surface area contributed by atoms with Gasteiger partial charge in [0.2, 0.25) is 5.91 Å². The number of fused-ring (bicyclic) bond motifs is 1. The van der Waals surface area contributed by atoms with E-state index in [0.29, 0.717) is 41.3 Å². The fourth-order valence-electron chi connectivity index (χ4n) is 4.52. The van der Waals surface area contributed by atoms with Crippen molar-refractivity contribution in [3.63, 3.8) is 0 Å². The number of carbonyl (C=O) groups is 1. The van der Waals surface area contributed by atoms with Gasteiger partial charge in [0.1, 0.15) is 11.6 Å². The third-order valence-electron chi connectivity index (χ3n) is 6.38. The van der Waals surface area contributed by atoms with Gasteiger partial charge < -0.3 is 10.2 Å². The van der Waals surface area contributed by atoms with Gasteiger partial charge in [-0.15, -0.1) is 0 Å². The molecule has 1 aliphatic heterocycles. The molecule has 0 spiro atoms. The summed E-state index contributed by atoms with van der Waals surface area (Å²) in [5.41, 5.74) is 1.59. The molecule has 1 amide bonds. The van der Waals surface area contributed by atoms with E-state index in [1.807, 2.05) is 17.9 Å². The lowest BCUT2D eigenvalue weighted by atomic mass is 9.97. The molecular weight excluding hydrogens is 445 g/mol. The zero-order valence-corrected chi connectivity index (χ0v) is 19.6. The number of nitrogens with one attached hydrogen (secondary N) is 2. The number of alkyl halides is 3. The summed E-state index contributed by atoms with van der Waals surface area (Å²) in [6.45, 7) is 9.51.